The van der Waals surface area contributed by atoms with Crippen LogP contribution in [0, 0.1) is 10.1 Å². The Morgan fingerprint density at radius 3 is 2.65 bits per heavy atom. The first-order valence-electron chi connectivity index (χ1n) is 6.24. The predicted octanol–water partition coefficient (Wildman–Crippen LogP) is 4.67. The fraction of sp³-hybridized carbons (Fsp3) is 0.200. The van der Waals surface area contributed by atoms with E-state index < -0.39 is 0 Å². The third-order valence-corrected chi connectivity index (χ3v) is 4.65. The molecule has 0 bridgehead atoms. The number of methoxy groups -OCH3 is 1. The Morgan fingerprint density at radius 1 is 1.20 bits per heavy atom. The first-order valence-corrected chi connectivity index (χ1v) is 7.06. The van der Waals surface area contributed by atoms with Crippen molar-refractivity contribution < 1.29 is 9.66 Å². The molecule has 1 aromatic heterocycles. The normalized spacial score (nSPS) is 12.9. The second-order valence-electron chi connectivity index (χ2n) is 4.64. The minimum atomic E-state index is -0.339. The van der Waals surface area contributed by atoms with Gasteiger partial charge in [0, 0.05) is 33.3 Å². The predicted molar refractivity (Wildman–Crippen MR) is 81.4 cm³/mol. The Balaban J connectivity index is 2.38. The molecular formula is C15H13NO3S. The lowest BCUT2D eigenvalue weighted by molar-refractivity contribution is -0.386. The maximum absolute atomic E-state index is 11.3. The molecule has 0 amide bonds. The van der Waals surface area contributed by atoms with Crippen LogP contribution in [0.25, 0.3) is 20.2 Å². The number of nitro benzene ring substituents is 1. The fourth-order valence-corrected chi connectivity index (χ4v) is 3.51. The van der Waals surface area contributed by atoms with E-state index in [9.17, 15) is 10.1 Å². The van der Waals surface area contributed by atoms with Gasteiger partial charge < -0.3 is 4.74 Å². The average molecular weight is 287 g/mol. The van der Waals surface area contributed by atoms with Crippen molar-refractivity contribution in [1.29, 1.82) is 0 Å². The summed E-state index contributed by atoms with van der Waals surface area (Å²) >= 11 is 1.58. The number of nitro groups is 1. The Kier molecular flexibility index (Phi) is 3.16. The van der Waals surface area contributed by atoms with Crippen molar-refractivity contribution in [1.82, 2.24) is 0 Å². The summed E-state index contributed by atoms with van der Waals surface area (Å²) in [5.41, 5.74) is 0.743. The molecule has 4 nitrogen and oxygen atoms in total. The van der Waals surface area contributed by atoms with Gasteiger partial charge >= 0.3 is 0 Å². The monoisotopic (exact) mass is 287 g/mol. The SMILES string of the molecule is COC(C)c1cc2c(cc1[N+](=O)[O-])sc1ccccc12. The summed E-state index contributed by atoms with van der Waals surface area (Å²) < 4.78 is 7.34. The molecular weight excluding hydrogens is 274 g/mol. The third kappa shape index (κ3) is 1.95. The van der Waals surface area contributed by atoms with Crippen molar-refractivity contribution in [2.24, 2.45) is 0 Å². The van der Waals surface area contributed by atoms with E-state index in [0.717, 1.165) is 20.2 Å². The van der Waals surface area contributed by atoms with Gasteiger partial charge in [0.25, 0.3) is 5.69 Å². The molecule has 1 heterocycles. The Morgan fingerprint density at radius 2 is 1.95 bits per heavy atom. The van der Waals surface area contributed by atoms with E-state index in [1.165, 1.54) is 0 Å². The van der Waals surface area contributed by atoms with Gasteiger partial charge in [-0.3, -0.25) is 10.1 Å². The number of hydrogen-bond acceptors (Lipinski definition) is 4. The molecule has 0 aliphatic heterocycles. The molecule has 20 heavy (non-hydrogen) atoms. The Hall–Kier alpha value is -1.98. The molecule has 5 heteroatoms. The highest BCUT2D eigenvalue weighted by atomic mass is 32.1. The number of fused-ring (bicyclic) bond motifs is 3. The lowest BCUT2D eigenvalue weighted by Gasteiger charge is -2.10. The van der Waals surface area contributed by atoms with Crippen LogP contribution in [0.1, 0.15) is 18.6 Å². The third-order valence-electron chi connectivity index (χ3n) is 3.51. The van der Waals surface area contributed by atoms with E-state index in [2.05, 4.69) is 0 Å². The van der Waals surface area contributed by atoms with Gasteiger partial charge in [-0.25, -0.2) is 0 Å². The summed E-state index contributed by atoms with van der Waals surface area (Å²) in [7, 11) is 1.56. The zero-order valence-corrected chi connectivity index (χ0v) is 11.9. The fourth-order valence-electron chi connectivity index (χ4n) is 2.39. The van der Waals surface area contributed by atoms with Gasteiger partial charge in [0.2, 0.25) is 0 Å². The molecule has 3 rings (SSSR count). The van der Waals surface area contributed by atoms with Gasteiger partial charge in [0.05, 0.1) is 16.6 Å². The molecule has 1 atom stereocenters. The molecule has 0 N–H and O–H groups in total. The van der Waals surface area contributed by atoms with Gasteiger partial charge in [-0.05, 0) is 19.1 Å². The van der Waals surface area contributed by atoms with Crippen LogP contribution in [-0.2, 0) is 4.74 Å². The molecule has 0 fully saturated rings. The van der Waals surface area contributed by atoms with Gasteiger partial charge in [-0.1, -0.05) is 18.2 Å². The maximum atomic E-state index is 11.3. The number of nitrogens with zero attached hydrogens (tertiary/aromatic N) is 1. The lowest BCUT2D eigenvalue weighted by Crippen LogP contribution is -2.01. The second kappa shape index (κ2) is 4.85. The molecule has 102 valence electrons. The molecule has 2 aromatic carbocycles. The second-order valence-corrected chi connectivity index (χ2v) is 5.72. The van der Waals surface area contributed by atoms with E-state index in [4.69, 9.17) is 4.74 Å². The molecule has 0 aliphatic carbocycles. The van der Waals surface area contributed by atoms with Crippen LogP contribution in [-0.4, -0.2) is 12.0 Å². The van der Waals surface area contributed by atoms with E-state index in [1.54, 1.807) is 24.5 Å². The number of rotatable bonds is 3. The topological polar surface area (TPSA) is 52.4 Å². The minimum absolute atomic E-state index is 0.124. The van der Waals surface area contributed by atoms with Gasteiger partial charge in [-0.2, -0.15) is 0 Å². The number of thiophene rings is 1. The Labute approximate surface area is 119 Å². The summed E-state index contributed by atoms with van der Waals surface area (Å²) in [6.07, 6.45) is -0.307. The highest BCUT2D eigenvalue weighted by Gasteiger charge is 2.21. The van der Waals surface area contributed by atoms with Crippen molar-refractivity contribution in [3.05, 3.63) is 52.1 Å². The number of ether oxygens (including phenoxy) is 1. The van der Waals surface area contributed by atoms with Gasteiger partial charge in [0.15, 0.2) is 0 Å². The first kappa shape index (κ1) is 13.0. The van der Waals surface area contributed by atoms with E-state index in [1.807, 2.05) is 37.3 Å². The summed E-state index contributed by atoms with van der Waals surface area (Å²) in [5.74, 6) is 0. The quantitative estimate of drug-likeness (QED) is 0.519. The molecule has 1 unspecified atom stereocenters. The number of hydrogen-bond donors (Lipinski definition) is 0. The minimum Gasteiger partial charge on any atom is -0.377 e. The molecule has 0 spiro atoms. The highest BCUT2D eigenvalue weighted by Crippen LogP contribution is 2.39. The number of benzene rings is 2. The summed E-state index contributed by atoms with van der Waals surface area (Å²) in [6.45, 7) is 1.82. The van der Waals surface area contributed by atoms with Crippen LogP contribution < -0.4 is 0 Å². The van der Waals surface area contributed by atoms with Crippen LogP contribution in [0.5, 0.6) is 0 Å². The first-order chi connectivity index (χ1) is 9.61. The summed E-state index contributed by atoms with van der Waals surface area (Å²) in [5, 5.41) is 13.4. The van der Waals surface area contributed by atoms with Crippen molar-refractivity contribution in [3.8, 4) is 0 Å². The zero-order chi connectivity index (χ0) is 14.3. The van der Waals surface area contributed by atoms with Crippen LogP contribution in [0.3, 0.4) is 0 Å². The van der Waals surface area contributed by atoms with Gasteiger partial charge in [-0.15, -0.1) is 11.3 Å². The van der Waals surface area contributed by atoms with Crippen LogP contribution in [0.4, 0.5) is 5.69 Å². The van der Waals surface area contributed by atoms with Crippen LogP contribution in [0.2, 0.25) is 0 Å². The van der Waals surface area contributed by atoms with Crippen molar-refractivity contribution in [2.45, 2.75) is 13.0 Å². The Bertz CT molecular complexity index is 809. The summed E-state index contributed by atoms with van der Waals surface area (Å²) in [4.78, 5) is 10.9. The van der Waals surface area contributed by atoms with E-state index >= 15 is 0 Å². The van der Waals surface area contributed by atoms with Crippen LogP contribution >= 0.6 is 11.3 Å². The molecule has 0 aliphatic rings. The van der Waals surface area contributed by atoms with E-state index in [-0.39, 0.29) is 16.7 Å². The summed E-state index contributed by atoms with van der Waals surface area (Å²) in [6, 6.07) is 11.6. The molecule has 0 radical (unpaired) electrons. The lowest BCUT2D eigenvalue weighted by atomic mass is 10.0. The molecule has 3 aromatic rings. The van der Waals surface area contributed by atoms with Crippen molar-refractivity contribution >= 4 is 37.2 Å². The highest BCUT2D eigenvalue weighted by molar-refractivity contribution is 7.25. The van der Waals surface area contributed by atoms with E-state index in [0.29, 0.717) is 5.56 Å². The van der Waals surface area contributed by atoms with Gasteiger partial charge in [0.1, 0.15) is 0 Å². The maximum Gasteiger partial charge on any atom is 0.276 e. The molecule has 0 saturated heterocycles. The van der Waals surface area contributed by atoms with Crippen molar-refractivity contribution in [2.75, 3.05) is 7.11 Å². The molecule has 0 saturated carbocycles. The average Bonchev–Trinajstić information content (AvgIpc) is 2.82. The smallest absolute Gasteiger partial charge is 0.276 e. The van der Waals surface area contributed by atoms with Crippen molar-refractivity contribution in [3.63, 3.8) is 0 Å². The van der Waals surface area contributed by atoms with Crippen LogP contribution in [0.15, 0.2) is 36.4 Å². The zero-order valence-electron chi connectivity index (χ0n) is 11.1. The largest absolute Gasteiger partial charge is 0.377 e. The standard InChI is InChI=1S/C15H13NO3S/c1-9(19-2)11-7-12-10-5-3-4-6-14(10)20-15(12)8-13(11)16(17)18/h3-9H,1-2H3.